The Bertz CT molecular complexity index is 1600. The predicted octanol–water partition coefficient (Wildman–Crippen LogP) is 8.82. The first-order chi connectivity index (χ1) is 17.3. The van der Waals surface area contributed by atoms with Crippen LogP contribution in [0.1, 0.15) is 18.4 Å². The van der Waals surface area contributed by atoms with Gasteiger partial charge < -0.3 is 4.90 Å². The van der Waals surface area contributed by atoms with Crippen LogP contribution in [0.25, 0.3) is 27.1 Å². The summed E-state index contributed by atoms with van der Waals surface area (Å²) in [6, 6.07) is 30.6. The van der Waals surface area contributed by atoms with Crippen LogP contribution in [0.15, 0.2) is 139 Å². The van der Waals surface area contributed by atoms with Crippen molar-refractivity contribution in [3.8, 4) is 0 Å². The number of hydrogen-bond acceptors (Lipinski definition) is 1. The highest BCUT2D eigenvalue weighted by molar-refractivity contribution is 6.13. The lowest BCUT2D eigenvalue weighted by molar-refractivity contribution is 0.932. The molecule has 0 heterocycles. The van der Waals surface area contributed by atoms with Crippen LogP contribution in [-0.2, 0) is 0 Å². The maximum atomic E-state index is 2.51. The van der Waals surface area contributed by atoms with Crippen molar-refractivity contribution >= 4 is 32.8 Å². The molecule has 2 atom stereocenters. The molecule has 7 rings (SSSR count). The fourth-order valence-electron chi connectivity index (χ4n) is 5.58. The van der Waals surface area contributed by atoms with Gasteiger partial charge in [-0.15, -0.1) is 0 Å². The Morgan fingerprint density at radius 3 is 2.31 bits per heavy atom. The maximum Gasteiger partial charge on any atom is 0.0543 e. The van der Waals surface area contributed by atoms with Crippen molar-refractivity contribution in [3.63, 3.8) is 0 Å². The molecule has 3 aliphatic carbocycles. The summed E-state index contributed by atoms with van der Waals surface area (Å²) in [6.07, 6.45) is 18.6. The van der Waals surface area contributed by atoms with E-state index in [9.17, 15) is 0 Å². The van der Waals surface area contributed by atoms with E-state index >= 15 is 0 Å². The summed E-state index contributed by atoms with van der Waals surface area (Å²) in [5, 5.41) is 5.18. The summed E-state index contributed by atoms with van der Waals surface area (Å²) in [7, 11) is 0. The first kappa shape index (κ1) is 20.3. The SMILES string of the molecule is C1=CC(c2ccccc2)=CC=C(N(C2=CC3CC3C=C2)c2cc3ccccc3c3ccccc23)C1. The zero-order valence-electron chi connectivity index (χ0n) is 19.6. The Labute approximate surface area is 206 Å². The summed E-state index contributed by atoms with van der Waals surface area (Å²) in [6.45, 7) is 0. The Hall–Kier alpha value is -4.10. The molecule has 0 amide bonds. The molecule has 0 aromatic heterocycles. The molecule has 35 heavy (non-hydrogen) atoms. The number of fused-ring (bicyclic) bond motifs is 4. The molecule has 0 bridgehead atoms. The third-order valence-electron chi connectivity index (χ3n) is 7.51. The molecular formula is C34H27N. The minimum Gasteiger partial charge on any atom is -0.314 e. The first-order valence-electron chi connectivity index (χ1n) is 12.6. The van der Waals surface area contributed by atoms with E-state index in [1.165, 1.54) is 56.2 Å². The summed E-state index contributed by atoms with van der Waals surface area (Å²) in [5.41, 5.74) is 6.34. The van der Waals surface area contributed by atoms with E-state index in [1.54, 1.807) is 0 Å². The van der Waals surface area contributed by atoms with Gasteiger partial charge in [-0.05, 0) is 63.8 Å². The lowest BCUT2D eigenvalue weighted by Gasteiger charge is -2.31. The van der Waals surface area contributed by atoms with Crippen molar-refractivity contribution < 1.29 is 0 Å². The van der Waals surface area contributed by atoms with E-state index in [1.807, 2.05) is 0 Å². The number of nitrogens with zero attached hydrogens (tertiary/aromatic N) is 1. The number of allylic oxidation sites excluding steroid dienone is 8. The van der Waals surface area contributed by atoms with E-state index in [4.69, 9.17) is 0 Å². The molecule has 0 spiro atoms. The first-order valence-corrected chi connectivity index (χ1v) is 12.6. The van der Waals surface area contributed by atoms with Crippen LogP contribution in [0.5, 0.6) is 0 Å². The molecule has 1 heteroatoms. The lowest BCUT2D eigenvalue weighted by atomic mass is 9.98. The van der Waals surface area contributed by atoms with Crippen LogP contribution < -0.4 is 4.90 Å². The number of rotatable bonds is 4. The van der Waals surface area contributed by atoms with E-state index in [-0.39, 0.29) is 0 Å². The monoisotopic (exact) mass is 449 g/mol. The van der Waals surface area contributed by atoms with Crippen molar-refractivity contribution in [1.82, 2.24) is 0 Å². The second-order valence-electron chi connectivity index (χ2n) is 9.76. The van der Waals surface area contributed by atoms with Crippen molar-refractivity contribution in [2.24, 2.45) is 11.8 Å². The highest BCUT2D eigenvalue weighted by Crippen LogP contribution is 2.47. The highest BCUT2D eigenvalue weighted by Gasteiger charge is 2.36. The minimum absolute atomic E-state index is 0.682. The van der Waals surface area contributed by atoms with Gasteiger partial charge in [0.15, 0.2) is 0 Å². The van der Waals surface area contributed by atoms with Gasteiger partial charge in [0.2, 0.25) is 0 Å². The molecule has 0 aliphatic heterocycles. The highest BCUT2D eigenvalue weighted by atomic mass is 15.2. The van der Waals surface area contributed by atoms with Gasteiger partial charge in [0.1, 0.15) is 0 Å². The molecule has 1 nitrogen and oxygen atoms in total. The predicted molar refractivity (Wildman–Crippen MR) is 149 cm³/mol. The average molecular weight is 450 g/mol. The van der Waals surface area contributed by atoms with Gasteiger partial charge in [-0.2, -0.15) is 0 Å². The van der Waals surface area contributed by atoms with Crippen molar-refractivity contribution in [1.29, 1.82) is 0 Å². The Morgan fingerprint density at radius 2 is 1.46 bits per heavy atom. The normalized spacial score (nSPS) is 20.6. The average Bonchev–Trinajstić information content (AvgIpc) is 3.73. The molecule has 3 aliphatic rings. The molecule has 0 N–H and O–H groups in total. The van der Waals surface area contributed by atoms with Crippen LogP contribution in [0.2, 0.25) is 0 Å². The standard InChI is InChI=1S/C34H27N/c1-2-9-24(10-3-1)25-12-8-13-29(19-17-25)35(30-20-18-26-21-28(26)22-30)34-23-27-11-4-5-14-31(27)32-15-6-7-16-33(32)34/h1-12,14-20,22-23,26,28H,13,21H2. The smallest absolute Gasteiger partial charge is 0.0543 e. The zero-order valence-corrected chi connectivity index (χ0v) is 19.6. The second kappa shape index (κ2) is 8.29. The Morgan fingerprint density at radius 1 is 0.686 bits per heavy atom. The van der Waals surface area contributed by atoms with Crippen LogP contribution >= 0.6 is 0 Å². The van der Waals surface area contributed by atoms with E-state index in [2.05, 4.69) is 132 Å². The van der Waals surface area contributed by atoms with Gasteiger partial charge in [-0.3, -0.25) is 0 Å². The van der Waals surface area contributed by atoms with E-state index in [0.717, 1.165) is 12.3 Å². The van der Waals surface area contributed by atoms with Gasteiger partial charge in [0, 0.05) is 23.2 Å². The number of hydrogen-bond donors (Lipinski definition) is 0. The molecule has 1 saturated carbocycles. The van der Waals surface area contributed by atoms with Gasteiger partial charge in [-0.25, -0.2) is 0 Å². The van der Waals surface area contributed by atoms with Crippen molar-refractivity contribution in [3.05, 3.63) is 144 Å². The number of anilines is 1. The van der Waals surface area contributed by atoms with Crippen LogP contribution in [0.3, 0.4) is 0 Å². The van der Waals surface area contributed by atoms with E-state index < -0.39 is 0 Å². The van der Waals surface area contributed by atoms with E-state index in [0.29, 0.717) is 5.92 Å². The second-order valence-corrected chi connectivity index (χ2v) is 9.76. The Kier molecular flexibility index (Phi) is 4.80. The van der Waals surface area contributed by atoms with Gasteiger partial charge >= 0.3 is 0 Å². The molecule has 168 valence electrons. The molecule has 4 aromatic carbocycles. The van der Waals surface area contributed by atoms with Gasteiger partial charge in [0.05, 0.1) is 5.69 Å². The minimum atomic E-state index is 0.682. The van der Waals surface area contributed by atoms with Crippen molar-refractivity contribution in [2.75, 3.05) is 4.90 Å². The molecule has 1 fully saturated rings. The summed E-state index contributed by atoms with van der Waals surface area (Å²) in [5.74, 6) is 1.42. The lowest BCUT2D eigenvalue weighted by Crippen LogP contribution is -2.22. The third kappa shape index (κ3) is 3.65. The van der Waals surface area contributed by atoms with Crippen LogP contribution in [0.4, 0.5) is 5.69 Å². The molecule has 4 aromatic rings. The van der Waals surface area contributed by atoms with Gasteiger partial charge in [-0.1, -0.05) is 109 Å². The summed E-state index contributed by atoms with van der Waals surface area (Å²) in [4.78, 5) is 2.51. The molecule has 0 saturated heterocycles. The van der Waals surface area contributed by atoms with Crippen LogP contribution in [-0.4, -0.2) is 0 Å². The quantitative estimate of drug-likeness (QED) is 0.281. The number of benzene rings is 4. The largest absolute Gasteiger partial charge is 0.314 e. The zero-order chi connectivity index (χ0) is 23.2. The summed E-state index contributed by atoms with van der Waals surface area (Å²) < 4.78 is 0. The van der Waals surface area contributed by atoms with Gasteiger partial charge in [0.25, 0.3) is 0 Å². The molecule has 0 radical (unpaired) electrons. The maximum absolute atomic E-state index is 2.51. The molecular weight excluding hydrogens is 422 g/mol. The fraction of sp³-hybridized carbons (Fsp3) is 0.118. The Balaban J connectivity index is 1.44. The third-order valence-corrected chi connectivity index (χ3v) is 7.51. The topological polar surface area (TPSA) is 3.24 Å². The van der Waals surface area contributed by atoms with Crippen molar-refractivity contribution in [2.45, 2.75) is 12.8 Å². The van der Waals surface area contributed by atoms with Crippen LogP contribution in [0, 0.1) is 11.8 Å². The molecule has 2 unspecified atom stereocenters. The summed E-state index contributed by atoms with van der Waals surface area (Å²) >= 11 is 0. The fourth-order valence-corrected chi connectivity index (χ4v) is 5.58.